The van der Waals surface area contributed by atoms with Crippen LogP contribution >= 0.6 is 15.9 Å². The topological polar surface area (TPSA) is 104 Å². The van der Waals surface area contributed by atoms with Crippen molar-refractivity contribution in [3.63, 3.8) is 0 Å². The number of nitrogens with one attached hydrogen (secondary N) is 1. The van der Waals surface area contributed by atoms with Gasteiger partial charge in [0, 0.05) is 11.0 Å². The molecule has 0 radical (unpaired) electrons. The first-order chi connectivity index (χ1) is 9.60. The van der Waals surface area contributed by atoms with Gasteiger partial charge >= 0.3 is 5.97 Å². The molecule has 20 heavy (non-hydrogen) atoms. The standard InChI is InChI=1S/C12H10BrN5O2/c13-9-1-2-10(8(5-9)6-14)15-3-4-18-7-11(12(19)20)16-17-18/h1-2,5,7,15H,3-4H2,(H,19,20). The summed E-state index contributed by atoms with van der Waals surface area (Å²) in [5, 5.41) is 28.1. The molecule has 1 heterocycles. The Hall–Kier alpha value is -2.40. The summed E-state index contributed by atoms with van der Waals surface area (Å²) in [7, 11) is 0. The number of benzene rings is 1. The lowest BCUT2D eigenvalue weighted by Crippen LogP contribution is -2.11. The number of anilines is 1. The molecule has 0 aliphatic heterocycles. The number of hydrogen-bond donors (Lipinski definition) is 2. The molecular weight excluding hydrogens is 326 g/mol. The zero-order chi connectivity index (χ0) is 14.5. The second-order valence-electron chi connectivity index (χ2n) is 3.90. The van der Waals surface area contributed by atoms with Crippen LogP contribution in [0, 0.1) is 11.3 Å². The van der Waals surface area contributed by atoms with Crippen molar-refractivity contribution >= 4 is 27.6 Å². The SMILES string of the molecule is N#Cc1cc(Br)ccc1NCCn1cc(C(=O)O)nn1. The number of aromatic carboxylic acids is 1. The van der Waals surface area contributed by atoms with Crippen LogP contribution in [-0.2, 0) is 6.54 Å². The molecule has 7 nitrogen and oxygen atoms in total. The van der Waals surface area contributed by atoms with Gasteiger partial charge in [-0.25, -0.2) is 9.48 Å². The van der Waals surface area contributed by atoms with Crippen molar-refractivity contribution in [2.75, 3.05) is 11.9 Å². The summed E-state index contributed by atoms with van der Waals surface area (Å²) >= 11 is 3.30. The van der Waals surface area contributed by atoms with E-state index in [9.17, 15) is 4.79 Å². The van der Waals surface area contributed by atoms with Crippen LogP contribution in [0.5, 0.6) is 0 Å². The van der Waals surface area contributed by atoms with Gasteiger partial charge in [0.1, 0.15) is 6.07 Å². The monoisotopic (exact) mass is 335 g/mol. The maximum absolute atomic E-state index is 10.7. The minimum absolute atomic E-state index is 0.0913. The fourth-order valence-electron chi connectivity index (χ4n) is 1.57. The highest BCUT2D eigenvalue weighted by Gasteiger charge is 2.08. The van der Waals surface area contributed by atoms with Gasteiger partial charge in [0.25, 0.3) is 0 Å². The number of carboxylic acids is 1. The van der Waals surface area contributed by atoms with Gasteiger partial charge in [-0.3, -0.25) is 0 Å². The summed E-state index contributed by atoms with van der Waals surface area (Å²) in [5.41, 5.74) is 1.16. The lowest BCUT2D eigenvalue weighted by atomic mass is 10.2. The normalized spacial score (nSPS) is 10.0. The number of carbonyl (C=O) groups is 1. The predicted molar refractivity (Wildman–Crippen MR) is 74.3 cm³/mol. The molecular formula is C12H10BrN5O2. The first-order valence-corrected chi connectivity index (χ1v) is 6.46. The molecule has 102 valence electrons. The summed E-state index contributed by atoms with van der Waals surface area (Å²) in [4.78, 5) is 10.7. The summed E-state index contributed by atoms with van der Waals surface area (Å²) in [6, 6.07) is 7.45. The average Bonchev–Trinajstić information content (AvgIpc) is 2.89. The predicted octanol–water partition coefficient (Wildman–Crippen LogP) is 1.72. The Morgan fingerprint density at radius 2 is 2.35 bits per heavy atom. The van der Waals surface area contributed by atoms with E-state index in [0.717, 1.165) is 4.47 Å². The second kappa shape index (κ2) is 6.16. The fraction of sp³-hybridized carbons (Fsp3) is 0.167. The second-order valence-corrected chi connectivity index (χ2v) is 4.82. The number of aromatic nitrogens is 3. The van der Waals surface area contributed by atoms with Gasteiger partial charge in [-0.15, -0.1) is 5.10 Å². The van der Waals surface area contributed by atoms with Crippen molar-refractivity contribution in [2.24, 2.45) is 0 Å². The highest BCUT2D eigenvalue weighted by molar-refractivity contribution is 9.10. The minimum atomic E-state index is -1.11. The van der Waals surface area contributed by atoms with Gasteiger partial charge < -0.3 is 10.4 Å². The number of rotatable bonds is 5. The van der Waals surface area contributed by atoms with Crippen LogP contribution in [0.3, 0.4) is 0 Å². The van der Waals surface area contributed by atoms with E-state index >= 15 is 0 Å². The molecule has 0 saturated heterocycles. The maximum Gasteiger partial charge on any atom is 0.358 e. The van der Waals surface area contributed by atoms with Gasteiger partial charge in [-0.1, -0.05) is 21.1 Å². The van der Waals surface area contributed by atoms with Crippen LogP contribution in [0.1, 0.15) is 16.1 Å². The van der Waals surface area contributed by atoms with Gasteiger partial charge in [0.2, 0.25) is 0 Å². The molecule has 0 unspecified atom stereocenters. The Bertz CT molecular complexity index is 677. The van der Waals surface area contributed by atoms with E-state index in [0.29, 0.717) is 24.3 Å². The van der Waals surface area contributed by atoms with E-state index in [-0.39, 0.29) is 5.69 Å². The molecule has 2 aromatic rings. The zero-order valence-corrected chi connectivity index (χ0v) is 11.8. The quantitative estimate of drug-likeness (QED) is 0.862. The Morgan fingerprint density at radius 3 is 3.00 bits per heavy atom. The summed E-state index contributed by atoms with van der Waals surface area (Å²) in [5.74, 6) is -1.11. The largest absolute Gasteiger partial charge is 0.476 e. The molecule has 0 saturated carbocycles. The highest BCUT2D eigenvalue weighted by atomic mass is 79.9. The van der Waals surface area contributed by atoms with Gasteiger partial charge in [0.05, 0.1) is 24.0 Å². The van der Waals surface area contributed by atoms with Crippen molar-refractivity contribution in [3.8, 4) is 6.07 Å². The van der Waals surface area contributed by atoms with Crippen LogP contribution < -0.4 is 5.32 Å². The van der Waals surface area contributed by atoms with Crippen molar-refractivity contribution < 1.29 is 9.90 Å². The zero-order valence-electron chi connectivity index (χ0n) is 10.2. The van der Waals surface area contributed by atoms with E-state index < -0.39 is 5.97 Å². The van der Waals surface area contributed by atoms with Gasteiger partial charge in [-0.05, 0) is 18.2 Å². The Balaban J connectivity index is 1.96. The van der Waals surface area contributed by atoms with E-state index in [1.165, 1.54) is 10.9 Å². The molecule has 0 fully saturated rings. The Labute approximate surface area is 123 Å². The smallest absolute Gasteiger partial charge is 0.358 e. The number of carboxylic acid groups (broad SMARTS) is 1. The minimum Gasteiger partial charge on any atom is -0.476 e. The van der Waals surface area contributed by atoms with Gasteiger partial charge in [-0.2, -0.15) is 5.26 Å². The molecule has 0 spiro atoms. The first-order valence-electron chi connectivity index (χ1n) is 5.67. The van der Waals surface area contributed by atoms with Crippen LogP contribution in [-0.4, -0.2) is 32.6 Å². The Kier molecular flexibility index (Phi) is 4.32. The van der Waals surface area contributed by atoms with Crippen LogP contribution in [0.25, 0.3) is 0 Å². The molecule has 0 bridgehead atoms. The molecule has 0 aliphatic carbocycles. The highest BCUT2D eigenvalue weighted by Crippen LogP contribution is 2.19. The van der Waals surface area contributed by atoms with E-state index in [1.54, 1.807) is 12.1 Å². The van der Waals surface area contributed by atoms with Crippen molar-refractivity contribution in [3.05, 3.63) is 40.1 Å². The molecule has 0 amide bonds. The third-order valence-corrected chi connectivity index (χ3v) is 3.01. The molecule has 2 N–H and O–H groups in total. The molecule has 1 aromatic heterocycles. The van der Waals surface area contributed by atoms with Crippen molar-refractivity contribution in [1.82, 2.24) is 15.0 Å². The first kappa shape index (κ1) is 14.0. The van der Waals surface area contributed by atoms with Gasteiger partial charge in [0.15, 0.2) is 5.69 Å². The average molecular weight is 336 g/mol. The Morgan fingerprint density at radius 1 is 1.55 bits per heavy atom. The third kappa shape index (κ3) is 3.33. The van der Waals surface area contributed by atoms with Crippen molar-refractivity contribution in [1.29, 1.82) is 5.26 Å². The lowest BCUT2D eigenvalue weighted by Gasteiger charge is -2.08. The summed E-state index contributed by atoms with van der Waals surface area (Å²) in [6.07, 6.45) is 1.36. The number of hydrogen-bond acceptors (Lipinski definition) is 5. The van der Waals surface area contributed by atoms with Crippen LogP contribution in [0.15, 0.2) is 28.9 Å². The van der Waals surface area contributed by atoms with Crippen molar-refractivity contribution in [2.45, 2.75) is 6.54 Å². The van der Waals surface area contributed by atoms with Crippen LogP contribution in [0.4, 0.5) is 5.69 Å². The third-order valence-electron chi connectivity index (χ3n) is 2.52. The molecule has 0 atom stereocenters. The summed E-state index contributed by atoms with van der Waals surface area (Å²) in [6.45, 7) is 0.944. The summed E-state index contributed by atoms with van der Waals surface area (Å²) < 4.78 is 2.27. The fourth-order valence-corrected chi connectivity index (χ4v) is 1.94. The molecule has 8 heteroatoms. The molecule has 2 rings (SSSR count). The lowest BCUT2D eigenvalue weighted by molar-refractivity contribution is 0.0690. The van der Waals surface area contributed by atoms with Crippen LogP contribution in [0.2, 0.25) is 0 Å². The number of nitrogens with zero attached hydrogens (tertiary/aromatic N) is 4. The number of halogens is 1. The number of nitriles is 1. The van der Waals surface area contributed by atoms with E-state index in [2.05, 4.69) is 37.6 Å². The maximum atomic E-state index is 10.7. The van der Waals surface area contributed by atoms with E-state index in [4.69, 9.17) is 10.4 Å². The molecule has 0 aliphatic rings. The van der Waals surface area contributed by atoms with E-state index in [1.807, 2.05) is 6.07 Å². The molecule has 1 aromatic carbocycles.